The minimum atomic E-state index is -0.685. The molecule has 3 N–H and O–H groups in total. The first kappa shape index (κ1) is 19.3. The van der Waals surface area contributed by atoms with E-state index >= 15 is 0 Å². The fourth-order valence-corrected chi connectivity index (χ4v) is 3.93. The first-order chi connectivity index (χ1) is 14.0. The highest BCUT2D eigenvalue weighted by molar-refractivity contribution is 7.71. The number of nitrogens with zero attached hydrogens (tertiary/aromatic N) is 3. The molecule has 1 atom stereocenters. The van der Waals surface area contributed by atoms with E-state index in [0.717, 1.165) is 12.8 Å². The highest BCUT2D eigenvalue weighted by Crippen LogP contribution is 2.41. The van der Waals surface area contributed by atoms with E-state index in [1.54, 1.807) is 27.7 Å². The first-order valence-electron chi connectivity index (χ1n) is 9.61. The van der Waals surface area contributed by atoms with Crippen LogP contribution in [0.2, 0.25) is 0 Å². The van der Waals surface area contributed by atoms with Gasteiger partial charge >= 0.3 is 0 Å². The van der Waals surface area contributed by atoms with E-state index in [9.17, 15) is 14.4 Å². The maximum Gasteiger partial charge on any atom is 0.255 e. The van der Waals surface area contributed by atoms with Crippen LogP contribution in [-0.2, 0) is 22.7 Å². The van der Waals surface area contributed by atoms with Gasteiger partial charge in [-0.3, -0.25) is 19.5 Å². The molecule has 29 heavy (non-hydrogen) atoms. The van der Waals surface area contributed by atoms with Gasteiger partial charge in [-0.05, 0) is 43.6 Å². The van der Waals surface area contributed by atoms with Crippen LogP contribution in [0.5, 0.6) is 0 Å². The van der Waals surface area contributed by atoms with Crippen LogP contribution < -0.4 is 10.6 Å². The number of rotatable bonds is 7. The first-order valence-corrected chi connectivity index (χ1v) is 10.0. The van der Waals surface area contributed by atoms with Crippen LogP contribution in [-0.4, -0.2) is 50.0 Å². The standard InChI is InChI=1S/C19H22N6O3S/c1-2-24-14(22-23-19(24)29)9-20-15(26)10-21-17(27)16-12-5-3-4-6-13(12)18(28)25(16)11-7-8-11/h3-6,11,16H,2,7-10H2,1H3,(H,20,26)(H,21,27)(H,23,29). The molecule has 1 aliphatic heterocycles. The molecule has 3 amide bonds. The second kappa shape index (κ2) is 7.78. The SMILES string of the molecule is CCn1c(CNC(=O)CNC(=O)C2c3ccccc3C(=O)N2C2CC2)n[nH]c1=S. The van der Waals surface area contributed by atoms with Gasteiger partial charge < -0.3 is 20.1 Å². The summed E-state index contributed by atoms with van der Waals surface area (Å²) in [7, 11) is 0. The number of carbonyl (C=O) groups excluding carboxylic acids is 3. The van der Waals surface area contributed by atoms with E-state index in [1.165, 1.54) is 0 Å². The number of aromatic amines is 1. The molecule has 1 aromatic carbocycles. The van der Waals surface area contributed by atoms with Gasteiger partial charge in [-0.25, -0.2) is 0 Å². The van der Waals surface area contributed by atoms with Gasteiger partial charge in [0.05, 0.1) is 13.1 Å². The predicted molar refractivity (Wildman–Crippen MR) is 106 cm³/mol. The van der Waals surface area contributed by atoms with E-state index in [4.69, 9.17) is 12.2 Å². The van der Waals surface area contributed by atoms with E-state index in [1.807, 2.05) is 13.0 Å². The van der Waals surface area contributed by atoms with Crippen molar-refractivity contribution < 1.29 is 14.4 Å². The number of hydrogen-bond donors (Lipinski definition) is 3. The Balaban J connectivity index is 1.38. The zero-order valence-corrected chi connectivity index (χ0v) is 16.8. The molecule has 2 heterocycles. The molecule has 9 nitrogen and oxygen atoms in total. The van der Waals surface area contributed by atoms with Crippen molar-refractivity contribution in [3.63, 3.8) is 0 Å². The molecule has 10 heteroatoms. The lowest BCUT2D eigenvalue weighted by Gasteiger charge is -2.24. The molecule has 1 aromatic heterocycles. The number of nitrogens with one attached hydrogen (secondary N) is 3. The number of benzene rings is 1. The predicted octanol–water partition coefficient (Wildman–Crippen LogP) is 1.05. The molecule has 152 valence electrons. The van der Waals surface area contributed by atoms with Crippen LogP contribution in [0.3, 0.4) is 0 Å². The van der Waals surface area contributed by atoms with Crippen LogP contribution in [0.1, 0.15) is 47.6 Å². The molecular weight excluding hydrogens is 392 g/mol. The summed E-state index contributed by atoms with van der Waals surface area (Å²) in [6.45, 7) is 2.60. The summed E-state index contributed by atoms with van der Waals surface area (Å²) in [5, 5.41) is 12.2. The second-order valence-electron chi connectivity index (χ2n) is 7.12. The van der Waals surface area contributed by atoms with Crippen molar-refractivity contribution in [2.45, 2.75) is 44.9 Å². The maximum atomic E-state index is 12.9. The molecule has 1 unspecified atom stereocenters. The summed E-state index contributed by atoms with van der Waals surface area (Å²) in [6.07, 6.45) is 1.80. The lowest BCUT2D eigenvalue weighted by molar-refractivity contribution is -0.129. The zero-order valence-electron chi connectivity index (χ0n) is 16.0. The molecule has 0 spiro atoms. The van der Waals surface area contributed by atoms with E-state index < -0.39 is 6.04 Å². The molecule has 0 bridgehead atoms. The molecule has 0 radical (unpaired) electrons. The third kappa shape index (κ3) is 3.67. The van der Waals surface area contributed by atoms with Gasteiger partial charge in [0.2, 0.25) is 11.8 Å². The average molecular weight is 414 g/mol. The largest absolute Gasteiger partial charge is 0.347 e. The maximum absolute atomic E-state index is 12.9. The average Bonchev–Trinajstić information content (AvgIpc) is 3.43. The van der Waals surface area contributed by atoms with Crippen molar-refractivity contribution in [2.75, 3.05) is 6.54 Å². The monoisotopic (exact) mass is 414 g/mol. The van der Waals surface area contributed by atoms with Gasteiger partial charge in [-0.1, -0.05) is 18.2 Å². The summed E-state index contributed by atoms with van der Waals surface area (Å²) in [5.41, 5.74) is 1.26. The number of H-pyrrole nitrogens is 1. The molecule has 2 aromatic rings. The minimum Gasteiger partial charge on any atom is -0.347 e. The van der Waals surface area contributed by atoms with Gasteiger partial charge in [0, 0.05) is 18.2 Å². The lowest BCUT2D eigenvalue weighted by atomic mass is 10.0. The minimum absolute atomic E-state index is 0.0937. The molecular formula is C19H22N6O3S. The second-order valence-corrected chi connectivity index (χ2v) is 7.50. The van der Waals surface area contributed by atoms with Gasteiger partial charge in [0.25, 0.3) is 5.91 Å². The summed E-state index contributed by atoms with van der Waals surface area (Å²) in [4.78, 5) is 39.4. The van der Waals surface area contributed by atoms with Crippen molar-refractivity contribution in [3.05, 3.63) is 46.0 Å². The quantitative estimate of drug-likeness (QED) is 0.587. The Morgan fingerprint density at radius 1 is 1.28 bits per heavy atom. The topological polar surface area (TPSA) is 112 Å². The highest BCUT2D eigenvalue weighted by Gasteiger charge is 2.47. The Labute approximate surface area is 172 Å². The van der Waals surface area contributed by atoms with Gasteiger partial charge in [-0.2, -0.15) is 5.10 Å². The van der Waals surface area contributed by atoms with Gasteiger partial charge in [-0.15, -0.1) is 0 Å². The lowest BCUT2D eigenvalue weighted by Crippen LogP contribution is -2.43. The van der Waals surface area contributed by atoms with Crippen LogP contribution in [0.15, 0.2) is 24.3 Å². The molecule has 1 aliphatic carbocycles. The van der Waals surface area contributed by atoms with Crippen LogP contribution in [0.25, 0.3) is 0 Å². The van der Waals surface area contributed by atoms with Crippen LogP contribution in [0, 0.1) is 4.77 Å². The normalized spacial score (nSPS) is 17.9. The fourth-order valence-electron chi connectivity index (χ4n) is 3.65. The third-order valence-corrected chi connectivity index (χ3v) is 5.52. The zero-order chi connectivity index (χ0) is 20.5. The Hall–Kier alpha value is -3.01. The van der Waals surface area contributed by atoms with Crippen molar-refractivity contribution in [1.82, 2.24) is 30.3 Å². The number of hydrogen-bond acceptors (Lipinski definition) is 5. The molecule has 1 fully saturated rings. The van der Waals surface area contributed by atoms with Crippen molar-refractivity contribution in [2.24, 2.45) is 0 Å². The van der Waals surface area contributed by atoms with E-state index in [2.05, 4.69) is 20.8 Å². The van der Waals surface area contributed by atoms with Crippen molar-refractivity contribution in [1.29, 1.82) is 0 Å². The summed E-state index contributed by atoms with van der Waals surface area (Å²) < 4.78 is 2.28. The van der Waals surface area contributed by atoms with Crippen LogP contribution in [0.4, 0.5) is 0 Å². The van der Waals surface area contributed by atoms with Crippen molar-refractivity contribution >= 4 is 29.9 Å². The Bertz CT molecular complexity index is 1020. The van der Waals surface area contributed by atoms with Gasteiger partial charge in [0.1, 0.15) is 6.04 Å². The van der Waals surface area contributed by atoms with Crippen LogP contribution >= 0.6 is 12.2 Å². The number of fused-ring (bicyclic) bond motifs is 1. The Kier molecular flexibility index (Phi) is 5.18. The molecule has 0 saturated heterocycles. The molecule has 2 aliphatic rings. The van der Waals surface area contributed by atoms with Gasteiger partial charge in [0.15, 0.2) is 10.6 Å². The summed E-state index contributed by atoms with van der Waals surface area (Å²) in [6, 6.07) is 6.56. The van der Waals surface area contributed by atoms with Crippen molar-refractivity contribution in [3.8, 4) is 0 Å². The summed E-state index contributed by atoms with van der Waals surface area (Å²) in [5.74, 6) is -0.186. The Morgan fingerprint density at radius 3 is 2.76 bits per heavy atom. The number of amides is 3. The Morgan fingerprint density at radius 2 is 2.03 bits per heavy atom. The van der Waals surface area contributed by atoms with E-state index in [0.29, 0.717) is 28.3 Å². The number of carbonyl (C=O) groups is 3. The summed E-state index contributed by atoms with van der Waals surface area (Å²) >= 11 is 5.12. The highest BCUT2D eigenvalue weighted by atomic mass is 32.1. The molecule has 1 saturated carbocycles. The van der Waals surface area contributed by atoms with E-state index in [-0.39, 0.29) is 36.9 Å². The third-order valence-electron chi connectivity index (χ3n) is 5.21. The number of aromatic nitrogens is 3. The fraction of sp³-hybridized carbons (Fsp3) is 0.421. The smallest absolute Gasteiger partial charge is 0.255 e. The molecule has 4 rings (SSSR count).